The number of hydrogen-bond donors (Lipinski definition) is 1. The molecule has 1 N–H and O–H groups in total. The monoisotopic (exact) mass is 343 g/mol. The smallest absolute Gasteiger partial charge is 0.137 e. The molecule has 0 fully saturated rings. The third kappa shape index (κ3) is 2.52. The summed E-state index contributed by atoms with van der Waals surface area (Å²) in [6.45, 7) is 5.60. The van der Waals surface area contributed by atoms with Crippen molar-refractivity contribution in [2.24, 2.45) is 0 Å². The zero-order chi connectivity index (χ0) is 15.0. The lowest BCUT2D eigenvalue weighted by Crippen LogP contribution is -2.20. The fourth-order valence-corrected chi connectivity index (χ4v) is 2.76. The van der Waals surface area contributed by atoms with Gasteiger partial charge in [0.05, 0.1) is 10.5 Å². The van der Waals surface area contributed by atoms with Crippen LogP contribution in [0.5, 0.6) is 0 Å². The molecule has 1 heterocycles. The molecule has 0 saturated heterocycles. The minimum Gasteiger partial charge on any atom is -0.466 e. The van der Waals surface area contributed by atoms with E-state index < -0.39 is 17.7 Å². The summed E-state index contributed by atoms with van der Waals surface area (Å²) in [6.07, 6.45) is 0. The van der Waals surface area contributed by atoms with E-state index in [0.29, 0.717) is 5.76 Å². The second-order valence-corrected chi connectivity index (χ2v) is 5.62. The summed E-state index contributed by atoms with van der Waals surface area (Å²) in [5, 5.41) is 3.04. The van der Waals surface area contributed by atoms with Crippen LogP contribution in [0.1, 0.15) is 34.3 Å². The van der Waals surface area contributed by atoms with Gasteiger partial charge in [-0.05, 0) is 61.4 Å². The van der Waals surface area contributed by atoms with Crippen molar-refractivity contribution in [3.05, 3.63) is 56.5 Å². The lowest BCUT2D eigenvalue weighted by Gasteiger charge is -2.18. The van der Waals surface area contributed by atoms with Crippen LogP contribution >= 0.6 is 15.9 Å². The van der Waals surface area contributed by atoms with Gasteiger partial charge in [-0.25, -0.2) is 8.78 Å². The van der Waals surface area contributed by atoms with Crippen molar-refractivity contribution >= 4 is 15.9 Å². The predicted octanol–water partition coefficient (Wildman–Crippen LogP) is 4.55. The van der Waals surface area contributed by atoms with Gasteiger partial charge in [0.2, 0.25) is 0 Å². The third-order valence-corrected chi connectivity index (χ3v) is 4.15. The third-order valence-electron chi connectivity index (χ3n) is 3.55. The predicted molar refractivity (Wildman–Crippen MR) is 77.9 cm³/mol. The second-order valence-electron chi connectivity index (χ2n) is 4.76. The molecule has 0 aliphatic carbocycles. The fourth-order valence-electron chi connectivity index (χ4n) is 2.45. The highest BCUT2D eigenvalue weighted by Crippen LogP contribution is 2.34. The molecule has 0 bridgehead atoms. The average molecular weight is 344 g/mol. The minimum atomic E-state index is -0.489. The molecule has 1 aromatic carbocycles. The Morgan fingerprint density at radius 3 is 2.25 bits per heavy atom. The summed E-state index contributed by atoms with van der Waals surface area (Å²) >= 11 is 2.99. The van der Waals surface area contributed by atoms with Gasteiger partial charge in [-0.1, -0.05) is 0 Å². The summed E-state index contributed by atoms with van der Waals surface area (Å²) in [7, 11) is 1.71. The highest BCUT2D eigenvalue weighted by Gasteiger charge is 2.24. The van der Waals surface area contributed by atoms with Crippen LogP contribution in [0, 0.1) is 32.4 Å². The Labute approximate surface area is 125 Å². The van der Waals surface area contributed by atoms with E-state index in [4.69, 9.17) is 4.42 Å². The highest BCUT2D eigenvalue weighted by molar-refractivity contribution is 9.10. The number of rotatable bonds is 3. The summed E-state index contributed by atoms with van der Waals surface area (Å²) in [5.74, 6) is 0.547. The Hall–Kier alpha value is -1.20. The van der Waals surface area contributed by atoms with E-state index in [1.165, 1.54) is 6.07 Å². The average Bonchev–Trinajstić information content (AvgIpc) is 2.63. The normalized spacial score (nSPS) is 12.8. The van der Waals surface area contributed by atoms with Crippen molar-refractivity contribution in [3.8, 4) is 0 Å². The van der Waals surface area contributed by atoms with Gasteiger partial charge in [0.25, 0.3) is 0 Å². The summed E-state index contributed by atoms with van der Waals surface area (Å²) in [5.41, 5.74) is 2.07. The van der Waals surface area contributed by atoms with E-state index in [-0.39, 0.29) is 10.0 Å². The molecule has 0 amide bonds. The molecule has 0 aliphatic rings. The summed E-state index contributed by atoms with van der Waals surface area (Å²) in [6, 6.07) is 1.91. The van der Waals surface area contributed by atoms with Gasteiger partial charge in [-0.2, -0.15) is 0 Å². The molecular formula is C15H16BrF2NO. The van der Waals surface area contributed by atoms with Crippen molar-refractivity contribution in [1.29, 1.82) is 0 Å². The van der Waals surface area contributed by atoms with Crippen LogP contribution in [0.2, 0.25) is 0 Å². The molecule has 0 aliphatic heterocycles. The molecule has 20 heavy (non-hydrogen) atoms. The van der Waals surface area contributed by atoms with Crippen molar-refractivity contribution in [1.82, 2.24) is 5.32 Å². The standard InChI is InChI=1S/C15H16BrF2NO/c1-7-8(2)20-9(3)14(7)15(19-4)10-5-13(18)11(16)6-12(10)17/h5-6,15,19H,1-4H3. The molecule has 108 valence electrons. The number of benzene rings is 1. The topological polar surface area (TPSA) is 25.2 Å². The molecule has 0 radical (unpaired) electrons. The maximum absolute atomic E-state index is 14.2. The van der Waals surface area contributed by atoms with Crippen LogP contribution in [-0.4, -0.2) is 7.05 Å². The zero-order valence-corrected chi connectivity index (χ0v) is 13.4. The molecule has 2 nitrogen and oxygen atoms in total. The van der Waals surface area contributed by atoms with Gasteiger partial charge in [0.1, 0.15) is 23.2 Å². The first-order valence-electron chi connectivity index (χ1n) is 6.25. The number of furan rings is 1. The number of halogens is 3. The van der Waals surface area contributed by atoms with Crippen molar-refractivity contribution in [2.75, 3.05) is 7.05 Å². The van der Waals surface area contributed by atoms with Gasteiger partial charge in [-0.3, -0.25) is 0 Å². The van der Waals surface area contributed by atoms with Gasteiger partial charge in [-0.15, -0.1) is 0 Å². The zero-order valence-electron chi connectivity index (χ0n) is 11.8. The first kappa shape index (κ1) is 15.2. The molecular weight excluding hydrogens is 328 g/mol. The van der Waals surface area contributed by atoms with E-state index in [1.807, 2.05) is 20.8 Å². The van der Waals surface area contributed by atoms with Crippen LogP contribution in [0.25, 0.3) is 0 Å². The summed E-state index contributed by atoms with van der Waals surface area (Å²) in [4.78, 5) is 0. The van der Waals surface area contributed by atoms with E-state index in [0.717, 1.165) is 23.0 Å². The molecule has 1 unspecified atom stereocenters. The van der Waals surface area contributed by atoms with E-state index >= 15 is 0 Å². The second kappa shape index (κ2) is 5.66. The number of aryl methyl sites for hydroxylation is 2. The molecule has 2 aromatic rings. The minimum absolute atomic E-state index is 0.116. The summed E-state index contributed by atoms with van der Waals surface area (Å²) < 4.78 is 33.6. The molecule has 0 spiro atoms. The lowest BCUT2D eigenvalue weighted by atomic mass is 9.95. The van der Waals surface area contributed by atoms with E-state index in [9.17, 15) is 8.78 Å². The maximum Gasteiger partial charge on any atom is 0.137 e. The Morgan fingerprint density at radius 2 is 1.75 bits per heavy atom. The molecule has 5 heteroatoms. The SMILES string of the molecule is CNC(c1cc(F)c(Br)cc1F)c1c(C)oc(C)c1C. The first-order chi connectivity index (χ1) is 9.36. The van der Waals surface area contributed by atoms with Crippen LogP contribution in [0.3, 0.4) is 0 Å². The van der Waals surface area contributed by atoms with Gasteiger partial charge in [0, 0.05) is 11.1 Å². The maximum atomic E-state index is 14.2. The largest absolute Gasteiger partial charge is 0.466 e. The molecule has 2 rings (SSSR count). The Balaban J connectivity index is 2.61. The fraction of sp³-hybridized carbons (Fsp3) is 0.333. The highest BCUT2D eigenvalue weighted by atomic mass is 79.9. The number of hydrogen-bond acceptors (Lipinski definition) is 2. The van der Waals surface area contributed by atoms with Gasteiger partial charge in [0.15, 0.2) is 0 Å². The number of nitrogens with one attached hydrogen (secondary N) is 1. The molecule has 1 atom stereocenters. The van der Waals surface area contributed by atoms with Crippen LogP contribution in [-0.2, 0) is 0 Å². The van der Waals surface area contributed by atoms with E-state index in [1.54, 1.807) is 7.05 Å². The Kier molecular flexibility index (Phi) is 4.30. The van der Waals surface area contributed by atoms with E-state index in [2.05, 4.69) is 21.2 Å². The Morgan fingerprint density at radius 1 is 1.10 bits per heavy atom. The van der Waals surface area contributed by atoms with Crippen LogP contribution in [0.15, 0.2) is 21.0 Å². The Bertz CT molecular complexity index is 652. The van der Waals surface area contributed by atoms with Crippen LogP contribution < -0.4 is 5.32 Å². The van der Waals surface area contributed by atoms with Crippen molar-refractivity contribution < 1.29 is 13.2 Å². The van der Waals surface area contributed by atoms with Gasteiger partial charge >= 0.3 is 0 Å². The van der Waals surface area contributed by atoms with Crippen molar-refractivity contribution in [3.63, 3.8) is 0 Å². The molecule has 1 aromatic heterocycles. The lowest BCUT2D eigenvalue weighted by molar-refractivity contribution is 0.493. The van der Waals surface area contributed by atoms with Crippen molar-refractivity contribution in [2.45, 2.75) is 26.8 Å². The van der Waals surface area contributed by atoms with Crippen LogP contribution in [0.4, 0.5) is 8.78 Å². The first-order valence-corrected chi connectivity index (χ1v) is 7.04. The quantitative estimate of drug-likeness (QED) is 0.826. The molecule has 0 saturated carbocycles. The van der Waals surface area contributed by atoms with Gasteiger partial charge < -0.3 is 9.73 Å².